The zero-order chi connectivity index (χ0) is 56.2. The molecule has 0 bridgehead atoms. The van der Waals surface area contributed by atoms with Crippen LogP contribution >= 0.6 is 0 Å². The third kappa shape index (κ3) is 62.8. The van der Waals surface area contributed by atoms with Crippen molar-refractivity contribution in [3.8, 4) is 0 Å². The van der Waals surface area contributed by atoms with E-state index < -0.39 is 12.1 Å². The molecule has 1 amide bonds. The van der Waals surface area contributed by atoms with Crippen LogP contribution in [0.5, 0.6) is 0 Å². The Kier molecular flexibility index (Phi) is 63.8. The number of rotatable bonds is 58. The molecular formula is C74H123NO3. The van der Waals surface area contributed by atoms with E-state index in [-0.39, 0.29) is 12.5 Å². The first-order chi connectivity index (χ1) is 38.7. The summed E-state index contributed by atoms with van der Waals surface area (Å²) >= 11 is 0. The zero-order valence-electron chi connectivity index (χ0n) is 50.9. The molecular weight excluding hydrogens is 951 g/mol. The van der Waals surface area contributed by atoms with Crippen molar-refractivity contribution < 1.29 is 15.0 Å². The Hall–Kier alpha value is -3.99. The molecule has 0 aromatic carbocycles. The Morgan fingerprint density at radius 1 is 0.321 bits per heavy atom. The van der Waals surface area contributed by atoms with Crippen LogP contribution in [0.25, 0.3) is 0 Å². The van der Waals surface area contributed by atoms with Crippen molar-refractivity contribution in [1.29, 1.82) is 0 Å². The summed E-state index contributed by atoms with van der Waals surface area (Å²) in [6, 6.07) is -0.660. The van der Waals surface area contributed by atoms with Crippen molar-refractivity contribution in [3.05, 3.63) is 158 Å². The molecule has 0 saturated heterocycles. The number of carbonyl (C=O) groups excluding carboxylic acids is 1. The second kappa shape index (κ2) is 67.3. The first-order valence-electron chi connectivity index (χ1n) is 32.7. The fourth-order valence-electron chi connectivity index (χ4n) is 9.06. The van der Waals surface area contributed by atoms with Gasteiger partial charge in [0.15, 0.2) is 0 Å². The first-order valence-corrected chi connectivity index (χ1v) is 32.7. The van der Waals surface area contributed by atoms with Crippen molar-refractivity contribution in [2.45, 2.75) is 296 Å². The molecule has 0 aromatic heterocycles. The molecule has 0 rings (SSSR count). The van der Waals surface area contributed by atoms with Crippen LogP contribution in [0.2, 0.25) is 0 Å². The van der Waals surface area contributed by atoms with E-state index >= 15 is 0 Å². The average molecular weight is 1070 g/mol. The van der Waals surface area contributed by atoms with Gasteiger partial charge in [-0.1, -0.05) is 313 Å². The summed E-state index contributed by atoms with van der Waals surface area (Å²) in [5.74, 6) is -0.0872. The van der Waals surface area contributed by atoms with Crippen molar-refractivity contribution in [2.24, 2.45) is 0 Å². The summed E-state index contributed by atoms with van der Waals surface area (Å²) in [6.07, 6.45) is 107. The molecule has 0 radical (unpaired) electrons. The largest absolute Gasteiger partial charge is 0.394 e. The number of aliphatic hydroxyl groups is 2. The maximum atomic E-state index is 12.5. The van der Waals surface area contributed by atoms with Crippen LogP contribution in [-0.2, 0) is 4.79 Å². The number of allylic oxidation sites excluding steroid dienone is 25. The molecule has 3 N–H and O–H groups in total. The number of nitrogens with one attached hydrogen (secondary N) is 1. The molecule has 4 nitrogen and oxygen atoms in total. The van der Waals surface area contributed by atoms with Crippen molar-refractivity contribution in [1.82, 2.24) is 5.32 Å². The Bertz CT molecular complexity index is 1640. The lowest BCUT2D eigenvalue weighted by Crippen LogP contribution is -2.45. The Morgan fingerprint density at radius 3 is 0.897 bits per heavy atom. The SMILES string of the molecule is CC/C=C\C/C=C\C/C=C\C/C=C\C/C=C\C/C=C\C/C=C\C/C=C\C/C=C\C/C=C\CCCCCCCCCCCCC(=O)NC(CO)C(O)/C=C/CC/C=C/CC/C=C/CCCCCCCCCCCCCCCCC. The summed E-state index contributed by atoms with van der Waals surface area (Å²) in [7, 11) is 0. The van der Waals surface area contributed by atoms with Crippen molar-refractivity contribution in [3.63, 3.8) is 0 Å². The van der Waals surface area contributed by atoms with E-state index in [0.717, 1.165) is 109 Å². The molecule has 0 fully saturated rings. The number of hydrogen-bond donors (Lipinski definition) is 3. The highest BCUT2D eigenvalue weighted by molar-refractivity contribution is 5.76. The van der Waals surface area contributed by atoms with Crippen LogP contribution in [0.3, 0.4) is 0 Å². The summed E-state index contributed by atoms with van der Waals surface area (Å²) in [5, 5.41) is 23.2. The van der Waals surface area contributed by atoms with Crippen LogP contribution < -0.4 is 5.32 Å². The maximum absolute atomic E-state index is 12.5. The first kappa shape index (κ1) is 74.0. The molecule has 0 aliphatic heterocycles. The topological polar surface area (TPSA) is 69.6 Å². The predicted molar refractivity (Wildman–Crippen MR) is 349 cm³/mol. The van der Waals surface area contributed by atoms with Gasteiger partial charge in [-0.05, 0) is 122 Å². The van der Waals surface area contributed by atoms with Gasteiger partial charge in [0.1, 0.15) is 0 Å². The van der Waals surface area contributed by atoms with E-state index in [0.29, 0.717) is 6.42 Å². The van der Waals surface area contributed by atoms with Crippen LogP contribution in [0.15, 0.2) is 158 Å². The number of unbranched alkanes of at least 4 members (excludes halogenated alkanes) is 27. The van der Waals surface area contributed by atoms with Crippen LogP contribution in [-0.4, -0.2) is 34.9 Å². The minimum Gasteiger partial charge on any atom is -0.394 e. The zero-order valence-corrected chi connectivity index (χ0v) is 50.9. The van der Waals surface area contributed by atoms with Gasteiger partial charge in [0.05, 0.1) is 18.8 Å². The lowest BCUT2D eigenvalue weighted by Gasteiger charge is -2.19. The summed E-state index contributed by atoms with van der Waals surface area (Å²) in [6.45, 7) is 4.19. The van der Waals surface area contributed by atoms with E-state index in [1.165, 1.54) is 154 Å². The average Bonchev–Trinajstić information content (AvgIpc) is 3.44. The molecule has 0 heterocycles. The van der Waals surface area contributed by atoms with Gasteiger partial charge in [0.25, 0.3) is 0 Å². The van der Waals surface area contributed by atoms with Gasteiger partial charge >= 0.3 is 0 Å². The van der Waals surface area contributed by atoms with Gasteiger partial charge in [-0.2, -0.15) is 0 Å². The Morgan fingerprint density at radius 2 is 0.577 bits per heavy atom. The molecule has 0 spiro atoms. The highest BCUT2D eigenvalue weighted by atomic mass is 16.3. The lowest BCUT2D eigenvalue weighted by molar-refractivity contribution is -0.123. The van der Waals surface area contributed by atoms with Gasteiger partial charge in [0.2, 0.25) is 5.91 Å². The highest BCUT2D eigenvalue weighted by Gasteiger charge is 2.18. The second-order valence-electron chi connectivity index (χ2n) is 21.4. The Balaban J connectivity index is 3.64. The number of carbonyl (C=O) groups is 1. The quantitative estimate of drug-likeness (QED) is 0.0420. The smallest absolute Gasteiger partial charge is 0.220 e. The van der Waals surface area contributed by atoms with Crippen LogP contribution in [0, 0.1) is 0 Å². The van der Waals surface area contributed by atoms with E-state index in [1.54, 1.807) is 6.08 Å². The van der Waals surface area contributed by atoms with Crippen LogP contribution in [0.4, 0.5) is 0 Å². The van der Waals surface area contributed by atoms with Gasteiger partial charge in [-0.3, -0.25) is 4.79 Å². The van der Waals surface area contributed by atoms with E-state index in [2.05, 4.69) is 165 Å². The fraction of sp³-hybridized carbons (Fsp3) is 0.635. The molecule has 0 aromatic rings. The molecule has 4 heteroatoms. The molecule has 0 saturated carbocycles. The lowest BCUT2D eigenvalue weighted by atomic mass is 10.0. The fourth-order valence-corrected chi connectivity index (χ4v) is 9.06. The van der Waals surface area contributed by atoms with Gasteiger partial charge in [-0.15, -0.1) is 0 Å². The predicted octanol–water partition coefficient (Wildman–Crippen LogP) is 22.5. The summed E-state index contributed by atoms with van der Waals surface area (Å²) in [5.41, 5.74) is 0. The van der Waals surface area contributed by atoms with Gasteiger partial charge in [-0.25, -0.2) is 0 Å². The van der Waals surface area contributed by atoms with Crippen molar-refractivity contribution in [2.75, 3.05) is 6.61 Å². The third-order valence-corrected chi connectivity index (χ3v) is 14.0. The summed E-state index contributed by atoms with van der Waals surface area (Å²) < 4.78 is 0. The minimum atomic E-state index is -0.884. The highest BCUT2D eigenvalue weighted by Crippen LogP contribution is 2.15. The van der Waals surface area contributed by atoms with Gasteiger partial charge < -0.3 is 15.5 Å². The summed E-state index contributed by atoms with van der Waals surface area (Å²) in [4.78, 5) is 12.5. The van der Waals surface area contributed by atoms with E-state index in [9.17, 15) is 15.0 Å². The second-order valence-corrected chi connectivity index (χ2v) is 21.4. The number of amides is 1. The molecule has 0 aliphatic carbocycles. The van der Waals surface area contributed by atoms with Crippen molar-refractivity contribution >= 4 is 5.91 Å². The molecule has 2 unspecified atom stereocenters. The normalized spacial score (nSPS) is 13.8. The third-order valence-electron chi connectivity index (χ3n) is 14.0. The molecule has 78 heavy (non-hydrogen) atoms. The molecule has 2 atom stereocenters. The van der Waals surface area contributed by atoms with Gasteiger partial charge in [0, 0.05) is 6.42 Å². The van der Waals surface area contributed by atoms with E-state index in [4.69, 9.17) is 0 Å². The number of hydrogen-bond acceptors (Lipinski definition) is 3. The van der Waals surface area contributed by atoms with E-state index in [1.807, 2.05) is 6.08 Å². The number of aliphatic hydroxyl groups excluding tert-OH is 2. The molecule has 0 aliphatic rings. The monoisotopic (exact) mass is 1070 g/mol. The Labute approximate surface area is 484 Å². The maximum Gasteiger partial charge on any atom is 0.220 e. The molecule has 442 valence electrons. The minimum absolute atomic E-state index is 0.0872. The van der Waals surface area contributed by atoms with Crippen LogP contribution in [0.1, 0.15) is 284 Å². The standard InChI is InChI=1S/C74H123NO3/c1-3-5-7-9-11-13-15-17-19-21-23-25-27-29-30-31-32-33-34-35-36-37-38-39-40-41-42-43-44-46-48-50-52-54-56-58-60-62-64-66-68-70-74(78)75-72(71-76)73(77)69-67-65-63-61-59-57-55-53-51-49-47-45-28-26-24-22-20-18-16-14-12-10-8-6-4-2/h5,7,11,13,17,19,23,25,29-30,32-33,35-36,38-39,41-42,44,46,51,53,59,61,67,69,72-73,76-77H,3-4,6,8-10,12,14-16,18,20-22,24,26-28,31,34,37,40,43,45,47-50,52,54-58,60,62-66,68,70-71H2,1-2H3,(H,75,78)/b7-5-,13-11-,19-17-,25-23-,30-29-,33-32-,36-35-,39-38-,42-41-,46-44-,53-51+,61-59+,69-67+.